The number of nitrogens with two attached hydrogens (primary N) is 2. The quantitative estimate of drug-likeness (QED) is 0.160. The Morgan fingerprint density at radius 3 is 2.46 bits per heavy atom. The Bertz CT molecular complexity index is 1260. The zero-order valence-electron chi connectivity index (χ0n) is 21.1. The van der Waals surface area contributed by atoms with Gasteiger partial charge in [0.1, 0.15) is 18.1 Å². The molecule has 1 fully saturated rings. The molecule has 0 saturated carbocycles. The third kappa shape index (κ3) is 7.54. The van der Waals surface area contributed by atoms with Crippen LogP contribution in [0, 0.1) is 0 Å². The number of hydrogen-bond donors (Lipinski definition) is 7. The van der Waals surface area contributed by atoms with E-state index in [0.717, 1.165) is 10.9 Å². The number of nitrogens with one attached hydrogen (secondary N) is 3. The fraction of sp³-hybridized carbons (Fsp3) is 0.440. The molecule has 14 heteroatoms. The number of aromatic amines is 1. The molecule has 4 unspecified atom stereocenters. The normalized spacial score (nSPS) is 17.3. The highest BCUT2D eigenvalue weighted by Crippen LogP contribution is 2.21. The molecule has 4 atom stereocenters. The molecule has 1 aliphatic rings. The maximum atomic E-state index is 13.1. The van der Waals surface area contributed by atoms with Crippen molar-refractivity contribution in [1.29, 1.82) is 0 Å². The zero-order valence-corrected chi connectivity index (χ0v) is 21.1. The Kier molecular flexibility index (Phi) is 9.60. The number of rotatable bonds is 13. The summed E-state index contributed by atoms with van der Waals surface area (Å²) in [6, 6.07) is 2.25. The molecule has 2 heterocycles. The summed E-state index contributed by atoms with van der Waals surface area (Å²) >= 11 is 0. The number of fused-ring (bicyclic) bond motifs is 1. The average Bonchev–Trinajstić information content (AvgIpc) is 3.53. The molecule has 0 spiro atoms. The lowest BCUT2D eigenvalue weighted by Gasteiger charge is -2.28. The Balaban J connectivity index is 1.70. The highest BCUT2D eigenvalue weighted by molar-refractivity contribution is 5.96. The van der Waals surface area contributed by atoms with Crippen LogP contribution < -0.4 is 22.1 Å². The van der Waals surface area contributed by atoms with Crippen molar-refractivity contribution >= 4 is 46.5 Å². The minimum atomic E-state index is -1.49. The second kappa shape index (κ2) is 12.9. The number of H-pyrrole nitrogens is 1. The van der Waals surface area contributed by atoms with Gasteiger partial charge in [-0.1, -0.05) is 18.2 Å². The van der Waals surface area contributed by atoms with Crippen LogP contribution in [0.2, 0.25) is 0 Å². The predicted octanol–water partition coefficient (Wildman–Crippen LogP) is -1.18. The summed E-state index contributed by atoms with van der Waals surface area (Å²) in [5.41, 5.74) is 12.5. The summed E-state index contributed by atoms with van der Waals surface area (Å²) in [7, 11) is 0. The summed E-state index contributed by atoms with van der Waals surface area (Å²) in [5.74, 6) is -5.61. The van der Waals surface area contributed by atoms with E-state index in [0.29, 0.717) is 12.0 Å². The molecule has 1 aromatic carbocycles. The van der Waals surface area contributed by atoms with Gasteiger partial charge in [0.25, 0.3) is 0 Å². The molecule has 210 valence electrons. The molecule has 39 heavy (non-hydrogen) atoms. The number of likely N-dealkylation sites (tertiary alicyclic amines) is 1. The molecule has 0 aliphatic carbocycles. The van der Waals surface area contributed by atoms with E-state index >= 15 is 0 Å². The lowest BCUT2D eigenvalue weighted by atomic mass is 10.0. The molecule has 0 bridgehead atoms. The van der Waals surface area contributed by atoms with Gasteiger partial charge < -0.3 is 42.2 Å². The summed E-state index contributed by atoms with van der Waals surface area (Å²) in [4.78, 5) is 77.5. The van der Waals surface area contributed by atoms with Gasteiger partial charge in [0.15, 0.2) is 0 Å². The molecule has 14 nitrogen and oxygen atoms in total. The van der Waals surface area contributed by atoms with Crippen molar-refractivity contribution in [2.45, 2.75) is 62.7 Å². The first-order valence-corrected chi connectivity index (χ1v) is 12.4. The lowest BCUT2D eigenvalue weighted by molar-refractivity contribution is -0.143. The lowest BCUT2D eigenvalue weighted by Crippen LogP contribution is -2.57. The number of aromatic nitrogens is 1. The largest absolute Gasteiger partial charge is 0.481 e. The van der Waals surface area contributed by atoms with Gasteiger partial charge in [-0.25, -0.2) is 4.79 Å². The smallest absolute Gasteiger partial charge is 0.326 e. The van der Waals surface area contributed by atoms with E-state index in [1.54, 1.807) is 18.3 Å². The number of benzene rings is 1. The summed E-state index contributed by atoms with van der Waals surface area (Å²) in [6.45, 7) is 0.204. The number of aliphatic carboxylic acids is 2. The van der Waals surface area contributed by atoms with Crippen LogP contribution in [0.1, 0.15) is 37.7 Å². The van der Waals surface area contributed by atoms with Crippen LogP contribution in [0.4, 0.5) is 0 Å². The SMILES string of the molecule is NC(=O)CC(NC(=O)C1CCCN1C(=O)C(N)CCC(=O)O)C(=O)NC(Cc1c[nH]c2ccccc12)C(=O)O. The number of para-hydroxylation sites is 1. The van der Waals surface area contributed by atoms with Crippen molar-refractivity contribution < 1.29 is 39.0 Å². The van der Waals surface area contributed by atoms with Gasteiger partial charge in [-0.2, -0.15) is 0 Å². The molecule has 9 N–H and O–H groups in total. The molecular weight excluding hydrogens is 512 g/mol. The number of carbonyl (C=O) groups is 6. The van der Waals surface area contributed by atoms with Gasteiger partial charge in [-0.05, 0) is 30.9 Å². The van der Waals surface area contributed by atoms with Crippen molar-refractivity contribution in [3.63, 3.8) is 0 Å². The molecule has 1 aliphatic heterocycles. The Labute approximate surface area is 223 Å². The Morgan fingerprint density at radius 1 is 1.08 bits per heavy atom. The Morgan fingerprint density at radius 2 is 1.79 bits per heavy atom. The van der Waals surface area contributed by atoms with Crippen molar-refractivity contribution in [1.82, 2.24) is 20.5 Å². The van der Waals surface area contributed by atoms with Gasteiger partial charge >= 0.3 is 11.9 Å². The number of carbonyl (C=O) groups excluding carboxylic acids is 4. The van der Waals surface area contributed by atoms with Gasteiger partial charge in [0.2, 0.25) is 23.6 Å². The highest BCUT2D eigenvalue weighted by atomic mass is 16.4. The van der Waals surface area contributed by atoms with Crippen LogP contribution >= 0.6 is 0 Å². The standard InChI is InChI=1S/C25H32N6O8/c26-15(7-8-21(33)34)24(37)31-9-3-6-19(31)23(36)29-17(11-20(27)32)22(35)30-18(25(38)39)10-13-12-28-16-5-2-1-4-14(13)16/h1-2,4-5,12,15,17-19,28H,3,6-11,26H2,(H2,27,32)(H,29,36)(H,30,35)(H,33,34)(H,38,39). The summed E-state index contributed by atoms with van der Waals surface area (Å²) < 4.78 is 0. The Hall–Kier alpha value is -4.46. The maximum Gasteiger partial charge on any atom is 0.326 e. The van der Waals surface area contributed by atoms with E-state index < -0.39 is 66.2 Å². The maximum absolute atomic E-state index is 13.1. The molecule has 1 saturated heterocycles. The van der Waals surface area contributed by atoms with E-state index in [4.69, 9.17) is 16.6 Å². The molecular formula is C25H32N6O8. The molecule has 2 aromatic rings. The molecule has 1 aromatic heterocycles. The predicted molar refractivity (Wildman–Crippen MR) is 137 cm³/mol. The third-order valence-corrected chi connectivity index (χ3v) is 6.58. The van der Waals surface area contributed by atoms with E-state index in [9.17, 15) is 33.9 Å². The number of hydrogen-bond acceptors (Lipinski definition) is 7. The zero-order chi connectivity index (χ0) is 28.7. The fourth-order valence-electron chi connectivity index (χ4n) is 4.59. The van der Waals surface area contributed by atoms with Crippen LogP contribution in [-0.2, 0) is 35.2 Å². The minimum absolute atomic E-state index is 0.0680. The van der Waals surface area contributed by atoms with E-state index in [1.807, 2.05) is 12.1 Å². The van der Waals surface area contributed by atoms with Crippen LogP contribution in [0.5, 0.6) is 0 Å². The van der Waals surface area contributed by atoms with Gasteiger partial charge in [-0.3, -0.25) is 24.0 Å². The van der Waals surface area contributed by atoms with E-state index in [-0.39, 0.29) is 32.2 Å². The van der Waals surface area contributed by atoms with E-state index in [1.165, 1.54) is 4.90 Å². The van der Waals surface area contributed by atoms with Crippen LogP contribution in [0.25, 0.3) is 10.9 Å². The molecule has 0 radical (unpaired) electrons. The summed E-state index contributed by atoms with van der Waals surface area (Å²) in [5, 5.41) is 24.1. The number of carboxylic acids is 2. The van der Waals surface area contributed by atoms with Crippen LogP contribution in [0.3, 0.4) is 0 Å². The number of primary amides is 1. The molecule has 4 amide bonds. The highest BCUT2D eigenvalue weighted by Gasteiger charge is 2.38. The first kappa shape index (κ1) is 29.1. The third-order valence-electron chi connectivity index (χ3n) is 6.58. The summed E-state index contributed by atoms with van der Waals surface area (Å²) in [6.07, 6.45) is 1.26. The molecule has 3 rings (SSSR count). The average molecular weight is 545 g/mol. The van der Waals surface area contributed by atoms with Crippen molar-refractivity contribution in [3.05, 3.63) is 36.0 Å². The van der Waals surface area contributed by atoms with Gasteiger partial charge in [0.05, 0.1) is 12.5 Å². The van der Waals surface area contributed by atoms with Gasteiger partial charge in [-0.15, -0.1) is 0 Å². The van der Waals surface area contributed by atoms with Crippen molar-refractivity contribution in [3.8, 4) is 0 Å². The number of nitrogens with zero attached hydrogens (tertiary/aromatic N) is 1. The first-order chi connectivity index (χ1) is 18.5. The van der Waals surface area contributed by atoms with Crippen molar-refractivity contribution in [2.24, 2.45) is 11.5 Å². The second-order valence-corrected chi connectivity index (χ2v) is 9.42. The fourth-order valence-corrected chi connectivity index (χ4v) is 4.59. The number of carboxylic acid groups (broad SMARTS) is 2. The topological polar surface area (TPSA) is 238 Å². The van der Waals surface area contributed by atoms with Crippen molar-refractivity contribution in [2.75, 3.05) is 6.54 Å². The van der Waals surface area contributed by atoms with Crippen LogP contribution in [-0.4, -0.2) is 86.4 Å². The monoisotopic (exact) mass is 544 g/mol. The van der Waals surface area contributed by atoms with E-state index in [2.05, 4.69) is 15.6 Å². The minimum Gasteiger partial charge on any atom is -0.481 e. The number of amides is 4. The first-order valence-electron chi connectivity index (χ1n) is 12.4. The second-order valence-electron chi connectivity index (χ2n) is 9.42. The van der Waals surface area contributed by atoms with Crippen LogP contribution in [0.15, 0.2) is 30.5 Å². The van der Waals surface area contributed by atoms with Gasteiger partial charge in [0, 0.05) is 36.5 Å².